The summed E-state index contributed by atoms with van der Waals surface area (Å²) >= 11 is 0. The summed E-state index contributed by atoms with van der Waals surface area (Å²) in [5.74, 6) is -2.53. The molecule has 0 aliphatic heterocycles. The summed E-state index contributed by atoms with van der Waals surface area (Å²) in [5, 5.41) is 8.87. The number of aliphatic carboxylic acids is 1. The summed E-state index contributed by atoms with van der Waals surface area (Å²) in [6.45, 7) is 2.43. The summed E-state index contributed by atoms with van der Waals surface area (Å²) in [6, 6.07) is -1.54. The minimum Gasteiger partial charge on any atom is -0.480 e. The molecule has 0 saturated carbocycles. The van der Waals surface area contributed by atoms with Gasteiger partial charge in [0.2, 0.25) is 0 Å². The van der Waals surface area contributed by atoms with Gasteiger partial charge in [-0.1, -0.05) is 123 Å². The molecular formula is C44H68NO10P. The Bertz CT molecular complexity index is 1360. The fraction of sp³-hybridized carbons (Fsp3) is 0.523. The van der Waals surface area contributed by atoms with Crippen molar-refractivity contribution in [2.75, 3.05) is 19.8 Å². The molecule has 4 N–H and O–H groups in total. The lowest BCUT2D eigenvalue weighted by molar-refractivity contribution is -0.161. The van der Waals surface area contributed by atoms with Crippen molar-refractivity contribution in [2.45, 2.75) is 129 Å². The molecular weight excluding hydrogens is 733 g/mol. The third-order valence-corrected chi connectivity index (χ3v) is 8.47. The number of carboxylic acids is 1. The first kappa shape index (κ1) is 52.1. The molecule has 0 aromatic rings. The van der Waals surface area contributed by atoms with Crippen molar-refractivity contribution in [3.63, 3.8) is 0 Å². The molecule has 3 unspecified atom stereocenters. The minimum absolute atomic E-state index is 0.0663. The summed E-state index contributed by atoms with van der Waals surface area (Å²) in [6.07, 6.45) is 48.8. The number of esters is 2. The van der Waals surface area contributed by atoms with Crippen LogP contribution in [0.3, 0.4) is 0 Å². The Morgan fingerprint density at radius 2 is 0.946 bits per heavy atom. The average Bonchev–Trinajstić information content (AvgIpc) is 3.17. The van der Waals surface area contributed by atoms with Crippen LogP contribution in [0.1, 0.15) is 117 Å². The maximum atomic E-state index is 12.6. The molecule has 0 bridgehead atoms. The van der Waals surface area contributed by atoms with Crippen LogP contribution in [0.5, 0.6) is 0 Å². The fourth-order valence-electron chi connectivity index (χ4n) is 4.44. The number of rotatable bonds is 35. The van der Waals surface area contributed by atoms with E-state index in [0.29, 0.717) is 19.3 Å². The number of hydrogen-bond donors (Lipinski definition) is 3. The number of unbranched alkanes of at least 4 members (excludes halogenated alkanes) is 3. The number of hydrogen-bond acceptors (Lipinski definition) is 9. The molecule has 0 aromatic carbocycles. The molecule has 0 amide bonds. The van der Waals surface area contributed by atoms with Crippen molar-refractivity contribution in [1.82, 2.24) is 0 Å². The molecule has 56 heavy (non-hydrogen) atoms. The van der Waals surface area contributed by atoms with Crippen LogP contribution in [0.25, 0.3) is 0 Å². The fourth-order valence-corrected chi connectivity index (χ4v) is 5.22. The lowest BCUT2D eigenvalue weighted by Crippen LogP contribution is -2.34. The molecule has 0 saturated heterocycles. The quantitative estimate of drug-likeness (QED) is 0.0241. The number of carbonyl (C=O) groups is 3. The van der Waals surface area contributed by atoms with E-state index in [9.17, 15) is 23.8 Å². The number of carbonyl (C=O) groups excluding carboxylic acids is 2. The van der Waals surface area contributed by atoms with Gasteiger partial charge >= 0.3 is 25.7 Å². The van der Waals surface area contributed by atoms with E-state index < -0.39 is 57.7 Å². The highest BCUT2D eigenvalue weighted by atomic mass is 31.2. The number of ether oxygens (including phenoxy) is 2. The molecule has 12 heteroatoms. The van der Waals surface area contributed by atoms with E-state index in [2.05, 4.69) is 116 Å². The maximum absolute atomic E-state index is 12.6. The van der Waals surface area contributed by atoms with Gasteiger partial charge in [0.1, 0.15) is 12.6 Å². The van der Waals surface area contributed by atoms with Crippen LogP contribution in [0.15, 0.2) is 109 Å². The molecule has 0 aliphatic carbocycles. The highest BCUT2D eigenvalue weighted by Crippen LogP contribution is 2.43. The lowest BCUT2D eigenvalue weighted by atomic mass is 10.2. The van der Waals surface area contributed by atoms with Crippen molar-refractivity contribution in [2.24, 2.45) is 5.73 Å². The van der Waals surface area contributed by atoms with Gasteiger partial charge in [0.15, 0.2) is 6.10 Å². The molecule has 11 nitrogen and oxygen atoms in total. The van der Waals surface area contributed by atoms with Crippen LogP contribution in [0.4, 0.5) is 0 Å². The Morgan fingerprint density at radius 3 is 1.39 bits per heavy atom. The molecule has 0 heterocycles. The molecule has 0 fully saturated rings. The first-order valence-electron chi connectivity index (χ1n) is 19.9. The number of carboxylic acid groups (broad SMARTS) is 1. The van der Waals surface area contributed by atoms with Crippen molar-refractivity contribution in [3.05, 3.63) is 109 Å². The highest BCUT2D eigenvalue weighted by Gasteiger charge is 2.28. The Labute approximate surface area is 336 Å². The first-order chi connectivity index (χ1) is 27.1. The Kier molecular flexibility index (Phi) is 35.4. The van der Waals surface area contributed by atoms with Gasteiger partial charge in [0.25, 0.3) is 0 Å². The van der Waals surface area contributed by atoms with E-state index in [4.69, 9.17) is 24.8 Å². The second-order valence-electron chi connectivity index (χ2n) is 12.6. The van der Waals surface area contributed by atoms with E-state index >= 15 is 0 Å². The van der Waals surface area contributed by atoms with Gasteiger partial charge in [0.05, 0.1) is 13.2 Å². The van der Waals surface area contributed by atoms with Gasteiger partial charge in [-0.3, -0.25) is 23.4 Å². The zero-order valence-corrected chi connectivity index (χ0v) is 34.6. The van der Waals surface area contributed by atoms with E-state index in [-0.39, 0.29) is 12.8 Å². The Morgan fingerprint density at radius 1 is 0.554 bits per heavy atom. The zero-order chi connectivity index (χ0) is 41.4. The van der Waals surface area contributed by atoms with E-state index in [0.717, 1.165) is 70.6 Å². The summed E-state index contributed by atoms with van der Waals surface area (Å²) in [4.78, 5) is 45.8. The molecule has 0 rings (SSSR count). The second-order valence-corrected chi connectivity index (χ2v) is 14.1. The van der Waals surface area contributed by atoms with E-state index in [1.807, 2.05) is 12.2 Å². The monoisotopic (exact) mass is 801 g/mol. The Balaban J connectivity index is 4.62. The lowest BCUT2D eigenvalue weighted by Gasteiger charge is -2.20. The van der Waals surface area contributed by atoms with Crippen LogP contribution < -0.4 is 5.73 Å². The number of phosphoric acid groups is 1. The van der Waals surface area contributed by atoms with E-state index in [1.54, 1.807) is 0 Å². The van der Waals surface area contributed by atoms with Gasteiger partial charge in [-0.25, -0.2) is 4.57 Å². The number of nitrogens with two attached hydrogens (primary N) is 1. The predicted molar refractivity (Wildman–Crippen MR) is 226 cm³/mol. The summed E-state index contributed by atoms with van der Waals surface area (Å²) in [7, 11) is -4.75. The Hall–Kier alpha value is -3.86. The van der Waals surface area contributed by atoms with Crippen LogP contribution in [-0.4, -0.2) is 59.9 Å². The van der Waals surface area contributed by atoms with Gasteiger partial charge in [-0.2, -0.15) is 0 Å². The summed E-state index contributed by atoms with van der Waals surface area (Å²) in [5.41, 5.74) is 5.31. The molecule has 0 radical (unpaired) electrons. The largest absolute Gasteiger partial charge is 0.480 e. The van der Waals surface area contributed by atoms with Gasteiger partial charge < -0.3 is 25.2 Å². The van der Waals surface area contributed by atoms with Crippen molar-refractivity contribution in [3.8, 4) is 0 Å². The smallest absolute Gasteiger partial charge is 0.472 e. The SMILES string of the molecule is CC/C=C\C/C=C\C/C=C\C/C=C\C/C=C\CCCC(=O)OC(COC(=O)CCCC/C=C\C/C=C\C/C=C\C/C=C\CC)COP(=O)(O)OCC(N)C(=O)O. The van der Waals surface area contributed by atoms with Crippen LogP contribution in [0, 0.1) is 0 Å². The van der Waals surface area contributed by atoms with Crippen molar-refractivity contribution in [1.29, 1.82) is 0 Å². The van der Waals surface area contributed by atoms with E-state index in [1.165, 1.54) is 0 Å². The van der Waals surface area contributed by atoms with Gasteiger partial charge in [-0.05, 0) is 89.9 Å². The first-order valence-corrected chi connectivity index (χ1v) is 21.4. The van der Waals surface area contributed by atoms with Crippen LogP contribution in [-0.2, 0) is 37.5 Å². The van der Waals surface area contributed by atoms with Crippen molar-refractivity contribution >= 4 is 25.7 Å². The number of phosphoric ester groups is 1. The molecule has 0 aromatic heterocycles. The van der Waals surface area contributed by atoms with Gasteiger partial charge in [-0.15, -0.1) is 0 Å². The minimum atomic E-state index is -4.75. The predicted octanol–water partition coefficient (Wildman–Crippen LogP) is 10.3. The maximum Gasteiger partial charge on any atom is 0.472 e. The van der Waals surface area contributed by atoms with Gasteiger partial charge in [0, 0.05) is 12.8 Å². The van der Waals surface area contributed by atoms with Crippen LogP contribution >= 0.6 is 7.82 Å². The zero-order valence-electron chi connectivity index (χ0n) is 33.7. The highest BCUT2D eigenvalue weighted by molar-refractivity contribution is 7.47. The third kappa shape index (κ3) is 37.1. The molecule has 0 aliphatic rings. The standard InChI is InChI=1S/C44H68NO10P/c1-3-5-7-9-11-13-15-17-19-20-22-24-26-28-30-32-34-36-43(47)55-40(38-53-56(50,51)54-39-41(45)44(48)49)37-52-42(46)35-33-31-29-27-25-23-21-18-16-14-12-10-8-6-4-2/h5-8,11-14,17-19,21-22,24-25,27-28,30,40-41H,3-4,9-10,15-16,20,23,26,29,31-39,45H2,1-2H3,(H,48,49)(H,50,51)/b7-5-,8-6-,13-11-,14-12-,19-17-,21-18-,24-22-,27-25-,30-28-. The topological polar surface area (TPSA) is 172 Å². The van der Waals surface area contributed by atoms with Crippen molar-refractivity contribution < 1.29 is 47.5 Å². The molecule has 314 valence electrons. The molecule has 0 spiro atoms. The van der Waals surface area contributed by atoms with Crippen LogP contribution in [0.2, 0.25) is 0 Å². The normalized spacial score (nSPS) is 14.9. The number of allylic oxidation sites excluding steroid dienone is 18. The second kappa shape index (κ2) is 38.0. The average molecular weight is 802 g/mol. The molecule has 3 atom stereocenters. The third-order valence-electron chi connectivity index (χ3n) is 7.52. The summed E-state index contributed by atoms with van der Waals surface area (Å²) < 4.78 is 32.5.